The minimum Gasteiger partial charge on any atom is -0.481 e. The van der Waals surface area contributed by atoms with Crippen LogP contribution in [0.1, 0.15) is 16.9 Å². The zero-order chi connectivity index (χ0) is 13.9. The summed E-state index contributed by atoms with van der Waals surface area (Å²) in [6.07, 6.45) is 0. The SMILES string of the molecule is BC(c1ccccc1)C(B)(C(=O)O)c1ccccc1. The van der Waals surface area contributed by atoms with Crippen molar-refractivity contribution in [3.05, 3.63) is 71.8 Å². The van der Waals surface area contributed by atoms with Crippen LogP contribution in [-0.4, -0.2) is 26.8 Å². The lowest BCUT2D eigenvalue weighted by Crippen LogP contribution is -2.42. The van der Waals surface area contributed by atoms with Gasteiger partial charge in [-0.25, -0.2) is 0 Å². The quantitative estimate of drug-likeness (QED) is 0.821. The first kappa shape index (κ1) is 13.5. The highest BCUT2D eigenvalue weighted by atomic mass is 16.4. The van der Waals surface area contributed by atoms with E-state index in [1.165, 1.54) is 0 Å². The van der Waals surface area contributed by atoms with Gasteiger partial charge in [-0.2, -0.15) is 0 Å². The van der Waals surface area contributed by atoms with Crippen molar-refractivity contribution >= 4 is 21.7 Å². The lowest BCUT2D eigenvalue weighted by molar-refractivity contribution is -0.140. The van der Waals surface area contributed by atoms with Crippen LogP contribution < -0.4 is 0 Å². The van der Waals surface area contributed by atoms with E-state index in [1.54, 1.807) is 7.85 Å². The van der Waals surface area contributed by atoms with Gasteiger partial charge in [0.2, 0.25) is 0 Å². The molecule has 0 heterocycles. The van der Waals surface area contributed by atoms with Crippen molar-refractivity contribution in [1.82, 2.24) is 0 Å². The highest BCUT2D eigenvalue weighted by Crippen LogP contribution is 2.34. The molecule has 2 atom stereocenters. The molecule has 2 aromatic rings. The van der Waals surface area contributed by atoms with E-state index in [0.717, 1.165) is 11.1 Å². The molecule has 4 heteroatoms. The summed E-state index contributed by atoms with van der Waals surface area (Å²) in [7, 11) is 3.76. The topological polar surface area (TPSA) is 37.3 Å². The summed E-state index contributed by atoms with van der Waals surface area (Å²) in [5.74, 6) is -0.899. The maximum absolute atomic E-state index is 11.8. The molecule has 2 unspecified atom stereocenters. The molecule has 2 nitrogen and oxygen atoms in total. The van der Waals surface area contributed by atoms with E-state index in [2.05, 4.69) is 0 Å². The Morgan fingerprint density at radius 3 is 1.95 bits per heavy atom. The van der Waals surface area contributed by atoms with Gasteiger partial charge in [0.25, 0.3) is 0 Å². The van der Waals surface area contributed by atoms with Crippen molar-refractivity contribution in [2.24, 2.45) is 0 Å². The van der Waals surface area contributed by atoms with Gasteiger partial charge in [-0.3, -0.25) is 4.79 Å². The Bertz CT molecular complexity index is 557. The van der Waals surface area contributed by atoms with Gasteiger partial charge < -0.3 is 5.11 Å². The molecule has 0 saturated heterocycles. The zero-order valence-electron chi connectivity index (χ0n) is 11.2. The van der Waals surface area contributed by atoms with Gasteiger partial charge in [0, 0.05) is 0 Å². The fourth-order valence-corrected chi connectivity index (χ4v) is 2.42. The molecular weight excluding hydrogens is 234 g/mol. The van der Waals surface area contributed by atoms with Crippen molar-refractivity contribution in [2.45, 2.75) is 11.1 Å². The molecular formula is C15H16B2O2. The summed E-state index contributed by atoms with van der Waals surface area (Å²) in [6, 6.07) is 19.2. The molecule has 0 aliphatic carbocycles. The summed E-state index contributed by atoms with van der Waals surface area (Å²) < 4.78 is 0. The van der Waals surface area contributed by atoms with Crippen LogP contribution in [0.2, 0.25) is 0 Å². The predicted molar refractivity (Wildman–Crippen MR) is 82.0 cm³/mol. The number of hydrogen-bond acceptors (Lipinski definition) is 1. The molecule has 0 aliphatic rings. The number of carboxylic acid groups (broad SMARTS) is 1. The van der Waals surface area contributed by atoms with Gasteiger partial charge in [-0.1, -0.05) is 66.2 Å². The first-order chi connectivity index (χ1) is 9.06. The molecule has 0 radical (unpaired) electrons. The summed E-state index contributed by atoms with van der Waals surface area (Å²) in [4.78, 5) is 11.8. The van der Waals surface area contributed by atoms with Crippen LogP contribution >= 0.6 is 0 Å². The third kappa shape index (κ3) is 2.43. The Morgan fingerprint density at radius 1 is 1.00 bits per heavy atom. The molecule has 0 fully saturated rings. The predicted octanol–water partition coefficient (Wildman–Crippen LogP) is 0.974. The molecule has 19 heavy (non-hydrogen) atoms. The van der Waals surface area contributed by atoms with Crippen molar-refractivity contribution in [2.75, 3.05) is 0 Å². The highest BCUT2D eigenvalue weighted by Gasteiger charge is 2.40. The second kappa shape index (κ2) is 5.35. The lowest BCUT2D eigenvalue weighted by Gasteiger charge is -2.33. The smallest absolute Gasteiger partial charge is 0.305 e. The molecule has 94 valence electrons. The van der Waals surface area contributed by atoms with Crippen LogP contribution in [0.4, 0.5) is 0 Å². The van der Waals surface area contributed by atoms with Gasteiger partial charge in [0.1, 0.15) is 15.7 Å². The van der Waals surface area contributed by atoms with E-state index >= 15 is 0 Å². The lowest BCUT2D eigenvalue weighted by atomic mass is 9.49. The van der Waals surface area contributed by atoms with Crippen molar-refractivity contribution in [3.8, 4) is 0 Å². The largest absolute Gasteiger partial charge is 0.481 e. The van der Waals surface area contributed by atoms with E-state index in [1.807, 2.05) is 68.5 Å². The standard InChI is InChI=1S/C15H16B2O2/c16-13(11-7-3-1-4-8-11)15(17,14(18)19)12-9-5-2-6-10-12/h1-10,13H,16-17H2,(H,18,19). The Balaban J connectivity index is 2.49. The van der Waals surface area contributed by atoms with E-state index in [0.29, 0.717) is 0 Å². The van der Waals surface area contributed by atoms with Gasteiger partial charge in [-0.15, -0.1) is 0 Å². The number of hydrogen-bond donors (Lipinski definition) is 1. The first-order valence-electron chi connectivity index (χ1n) is 6.40. The van der Waals surface area contributed by atoms with Crippen LogP contribution in [0.25, 0.3) is 0 Å². The molecule has 0 bridgehead atoms. The van der Waals surface area contributed by atoms with Gasteiger partial charge in [0.05, 0.1) is 5.31 Å². The molecule has 1 N–H and O–H groups in total. The third-order valence-electron chi connectivity index (χ3n) is 3.98. The van der Waals surface area contributed by atoms with E-state index in [-0.39, 0.29) is 5.82 Å². The fourth-order valence-electron chi connectivity index (χ4n) is 2.42. The number of aliphatic carboxylic acids is 1. The molecule has 0 spiro atoms. The average Bonchev–Trinajstić information content (AvgIpc) is 2.47. The van der Waals surface area contributed by atoms with Gasteiger partial charge in [0.15, 0.2) is 0 Å². The summed E-state index contributed by atoms with van der Waals surface area (Å²) >= 11 is 0. The highest BCUT2D eigenvalue weighted by molar-refractivity contribution is 6.33. The minimum atomic E-state index is -0.928. The Labute approximate surface area is 115 Å². The Hall–Kier alpha value is -1.96. The van der Waals surface area contributed by atoms with Crippen LogP contribution in [0, 0.1) is 0 Å². The van der Waals surface area contributed by atoms with E-state index < -0.39 is 11.3 Å². The van der Waals surface area contributed by atoms with Gasteiger partial charge in [-0.05, 0) is 11.4 Å². The number of benzene rings is 2. The van der Waals surface area contributed by atoms with E-state index in [4.69, 9.17) is 0 Å². The van der Waals surface area contributed by atoms with Gasteiger partial charge >= 0.3 is 5.97 Å². The molecule has 2 rings (SSSR count). The zero-order valence-corrected chi connectivity index (χ0v) is 11.2. The second-order valence-corrected chi connectivity index (χ2v) is 5.01. The summed E-state index contributed by atoms with van der Waals surface area (Å²) in [6.45, 7) is 0. The van der Waals surface area contributed by atoms with E-state index in [9.17, 15) is 9.90 Å². The monoisotopic (exact) mass is 250 g/mol. The van der Waals surface area contributed by atoms with Crippen LogP contribution in [-0.2, 0) is 10.1 Å². The Kier molecular flexibility index (Phi) is 3.79. The van der Waals surface area contributed by atoms with Crippen LogP contribution in [0.3, 0.4) is 0 Å². The van der Waals surface area contributed by atoms with Crippen molar-refractivity contribution in [3.63, 3.8) is 0 Å². The van der Waals surface area contributed by atoms with Crippen LogP contribution in [0.5, 0.6) is 0 Å². The summed E-state index contributed by atoms with van der Waals surface area (Å²) in [5, 5.41) is 8.79. The van der Waals surface area contributed by atoms with Crippen LogP contribution in [0.15, 0.2) is 60.7 Å². The molecule has 0 saturated carbocycles. The van der Waals surface area contributed by atoms with Crippen molar-refractivity contribution < 1.29 is 9.90 Å². The number of rotatable bonds is 4. The number of carbonyl (C=O) groups is 1. The maximum atomic E-state index is 11.8. The maximum Gasteiger partial charge on any atom is 0.305 e. The van der Waals surface area contributed by atoms with Crippen molar-refractivity contribution in [1.29, 1.82) is 0 Å². The first-order valence-corrected chi connectivity index (χ1v) is 6.40. The third-order valence-corrected chi connectivity index (χ3v) is 3.98. The molecule has 0 aromatic heterocycles. The molecule has 0 amide bonds. The second-order valence-electron chi connectivity index (χ2n) is 5.01. The Morgan fingerprint density at radius 2 is 1.47 bits per heavy atom. The minimum absolute atomic E-state index is 0.103. The normalized spacial score (nSPS) is 15.4. The summed E-state index contributed by atoms with van der Waals surface area (Å²) in [5.41, 5.74) is 1.87. The average molecular weight is 250 g/mol. The molecule has 2 aromatic carbocycles. The number of carboxylic acids is 1. The fraction of sp³-hybridized carbons (Fsp3) is 0.133. The molecule has 0 aliphatic heterocycles.